The van der Waals surface area contributed by atoms with Crippen LogP contribution < -0.4 is 69.8 Å². The molecule has 3 amide bonds. The van der Waals surface area contributed by atoms with E-state index in [2.05, 4.69) is 83.4 Å². The Morgan fingerprint density at radius 1 is 0.761 bits per heavy atom. The van der Waals surface area contributed by atoms with Crippen molar-refractivity contribution in [3.8, 4) is 23.1 Å². The van der Waals surface area contributed by atoms with Crippen molar-refractivity contribution in [1.29, 1.82) is 0 Å². The van der Waals surface area contributed by atoms with Gasteiger partial charge in [-0.05, 0) is 65.4 Å². The molecule has 0 aromatic carbocycles. The zero-order valence-electron chi connectivity index (χ0n) is 49.6. The van der Waals surface area contributed by atoms with Crippen molar-refractivity contribution < 1.29 is 133 Å². The molecule has 0 unspecified atom stereocenters. The third-order valence-electron chi connectivity index (χ3n) is 13.8. The monoisotopic (exact) mass is 1270 g/mol. The first-order chi connectivity index (χ1) is 41.5. The number of rotatable bonds is 12. The van der Waals surface area contributed by atoms with Crippen LogP contribution in [0.3, 0.4) is 0 Å². The molecular formula is C57H63BFMnN9NaO18. The van der Waals surface area contributed by atoms with Gasteiger partial charge in [0.1, 0.15) is 11.5 Å². The molecular weight excluding hydrogens is 1210 g/mol. The van der Waals surface area contributed by atoms with E-state index < -0.39 is 32.7 Å². The van der Waals surface area contributed by atoms with Gasteiger partial charge in [-0.2, -0.15) is 0 Å². The quantitative estimate of drug-likeness (QED) is 0.0519. The molecule has 31 heteroatoms. The number of amides is 3. The van der Waals surface area contributed by atoms with Crippen LogP contribution in [-0.4, -0.2) is 125 Å². The summed E-state index contributed by atoms with van der Waals surface area (Å²) in [5.74, 6) is 0.372. The average molecular weight is 1270 g/mol. The number of aryl methyl sites for hydroxylation is 1. The van der Waals surface area contributed by atoms with Crippen molar-refractivity contribution in [1.82, 2.24) is 30.2 Å². The summed E-state index contributed by atoms with van der Waals surface area (Å²) in [6, 6.07) is 3.54. The SMILES string of the molecule is C=Cc1c(C=O)nc2c(c1C)OCC(=O)N2.C=Cc1c(CNC23CCC(CCc4c(F)cnc5ccc(OC)nc45)(CC2)OC3)nc2c(c1C)OCC(=O)N2.C=Cc1c(CO)nc2c(c1C)OCC(=O)N2.CC(=O)OOC(C)=O.[B-]OC(C)=O.[Na+].[O]=[Mn]=[O]. The van der Waals surface area contributed by atoms with Crippen LogP contribution in [-0.2, 0) is 90.0 Å². The number of pyridine rings is 5. The zero-order valence-corrected chi connectivity index (χ0v) is 52.8. The fourth-order valence-corrected chi connectivity index (χ4v) is 9.58. The van der Waals surface area contributed by atoms with Gasteiger partial charge in [-0.15, -0.1) is 0 Å². The van der Waals surface area contributed by atoms with Crippen molar-refractivity contribution in [3.05, 3.63) is 99.9 Å². The number of aliphatic hydroxyl groups is 1. The Balaban J connectivity index is 0.000000278. The number of ether oxygens (including phenoxy) is 5. The molecule has 0 atom stereocenters. The molecule has 5 N–H and O–H groups in total. The molecule has 0 spiro atoms. The number of hydrogen-bond acceptors (Lipinski definition) is 24. The molecule has 2 bridgehead atoms. The van der Waals surface area contributed by atoms with Crippen LogP contribution in [0.5, 0.6) is 23.1 Å². The molecule has 27 nitrogen and oxygen atoms in total. The van der Waals surface area contributed by atoms with E-state index in [9.17, 15) is 43.1 Å². The number of aldehydes is 1. The summed E-state index contributed by atoms with van der Waals surface area (Å²) < 4.78 is 63.2. The van der Waals surface area contributed by atoms with Crippen LogP contribution in [0.4, 0.5) is 21.8 Å². The molecule has 1 saturated carbocycles. The van der Waals surface area contributed by atoms with E-state index in [0.29, 0.717) is 101 Å². The van der Waals surface area contributed by atoms with Gasteiger partial charge in [0.2, 0.25) is 11.8 Å². The van der Waals surface area contributed by atoms with Crippen LogP contribution in [0.15, 0.2) is 38.1 Å². The first-order valence-electron chi connectivity index (χ1n) is 26.3. The molecule has 462 valence electrons. The number of aromatic nitrogens is 5. The molecule has 11 rings (SSSR count). The Morgan fingerprint density at radius 3 is 1.65 bits per heavy atom. The fourth-order valence-electron chi connectivity index (χ4n) is 9.58. The van der Waals surface area contributed by atoms with Gasteiger partial charge >= 0.3 is 64.0 Å². The molecule has 3 fully saturated rings. The van der Waals surface area contributed by atoms with E-state index in [1.54, 1.807) is 44.4 Å². The van der Waals surface area contributed by atoms with E-state index in [4.69, 9.17) is 36.3 Å². The van der Waals surface area contributed by atoms with Gasteiger partial charge in [0.05, 0.1) is 54.5 Å². The number of nitrogens with zero attached hydrogens (tertiary/aromatic N) is 5. The molecule has 88 heavy (non-hydrogen) atoms. The van der Waals surface area contributed by atoms with Gasteiger partial charge in [-0.3, -0.25) is 29.0 Å². The molecule has 2 saturated heterocycles. The summed E-state index contributed by atoms with van der Waals surface area (Å²) in [5.41, 5.74) is 7.63. The number of fused-ring (bicyclic) bond motifs is 7. The van der Waals surface area contributed by atoms with Gasteiger partial charge in [-0.1, -0.05) is 38.0 Å². The maximum atomic E-state index is 14.8. The predicted molar refractivity (Wildman–Crippen MR) is 304 cm³/mol. The number of methoxy groups -OCH3 is 1. The van der Waals surface area contributed by atoms with Crippen LogP contribution in [0.1, 0.15) is 114 Å². The summed E-state index contributed by atoms with van der Waals surface area (Å²) in [6.07, 6.45) is 11.7. The first kappa shape index (κ1) is 72.4. The predicted octanol–water partition coefficient (Wildman–Crippen LogP) is 2.72. The Kier molecular flexibility index (Phi) is 27.9. The zero-order chi connectivity index (χ0) is 64.2. The van der Waals surface area contributed by atoms with Crippen LogP contribution in [0.2, 0.25) is 0 Å². The fraction of sp³-hybridized carbons (Fsp3) is 0.368. The second-order valence-corrected chi connectivity index (χ2v) is 19.6. The number of carbonyl (C=O) groups is 7. The second-order valence-electron chi connectivity index (χ2n) is 19.4. The topological polar surface area (TPSA) is 360 Å². The summed E-state index contributed by atoms with van der Waals surface area (Å²) in [5, 5.41) is 20.9. The molecule has 5 aromatic heterocycles. The minimum atomic E-state index is -1.44. The van der Waals surface area contributed by atoms with Gasteiger partial charge in [0.25, 0.3) is 17.7 Å². The maximum absolute atomic E-state index is 14.8. The van der Waals surface area contributed by atoms with Crippen LogP contribution in [0.25, 0.3) is 29.3 Å². The Labute approximate surface area is 533 Å². The Hall–Kier alpha value is -8.09. The molecule has 6 aliphatic rings. The van der Waals surface area contributed by atoms with Gasteiger partial charge < -0.3 is 62.8 Å². The number of nitrogens with one attached hydrogen (secondary N) is 4. The normalized spacial score (nSPS) is 16.7. The second kappa shape index (κ2) is 33.9. The molecule has 5 aliphatic heterocycles. The third kappa shape index (κ3) is 18.7. The number of carbonyl (C=O) groups excluding carboxylic acids is 7. The summed E-state index contributed by atoms with van der Waals surface area (Å²) in [4.78, 5) is 103. The van der Waals surface area contributed by atoms with Crippen molar-refractivity contribution in [2.75, 3.05) is 49.5 Å². The van der Waals surface area contributed by atoms with Gasteiger partial charge in [0.15, 0.2) is 60.8 Å². The van der Waals surface area contributed by atoms with E-state index in [-0.39, 0.29) is 96.4 Å². The number of halogens is 1. The first-order valence-corrected chi connectivity index (χ1v) is 27.3. The Bertz CT molecular complexity index is 3500. The molecule has 5 aromatic rings. The summed E-state index contributed by atoms with van der Waals surface area (Å²) >= 11 is -1.44. The number of hydrogen-bond donors (Lipinski definition) is 5. The summed E-state index contributed by atoms with van der Waals surface area (Å²) in [6.45, 7) is 21.2. The van der Waals surface area contributed by atoms with Crippen molar-refractivity contribution in [2.45, 2.75) is 104 Å². The summed E-state index contributed by atoms with van der Waals surface area (Å²) in [7, 11) is 5.87. The van der Waals surface area contributed by atoms with Crippen LogP contribution >= 0.6 is 0 Å². The van der Waals surface area contributed by atoms with Crippen molar-refractivity contribution >= 4 is 96.7 Å². The van der Waals surface area contributed by atoms with E-state index in [1.165, 1.54) is 13.1 Å². The number of aliphatic hydroxyl groups excluding tert-OH is 1. The molecule has 3 radical (unpaired) electrons. The average Bonchev–Trinajstić information content (AvgIpc) is 0.893. The van der Waals surface area contributed by atoms with Gasteiger partial charge in [0, 0.05) is 77.9 Å². The molecule has 10 heterocycles. The van der Waals surface area contributed by atoms with Gasteiger partial charge in [-0.25, -0.2) is 43.7 Å². The third-order valence-corrected chi connectivity index (χ3v) is 13.8. The Morgan fingerprint density at radius 2 is 1.23 bits per heavy atom. The standard InChI is InChI=1S/C29H32FN5O4.C11H12N2O3.C11H10N2O3.C4H6O4.C2H3BO2.Mn.Na.2O/c1-4-18-17(2)26-27(34-23(36)15-38-26)33-22(18)14-32-28-9-11-29(12-10-28,39-16-28)8-7-19-20(30)13-31-21-5-6-24(37-3)35-25(19)21;2*1-3-7-6(2)10-11(12-8(7)4-14)13-9(15)5-16-10;1-3(5)7-8-4(2)6;1-2(4)5-3;;;;/h4-6,13,32H,1,7-12,14-16H2,2-3H3,(H,33,34,36);3,14H,1,4-5H2,2H3,(H,12,13,15);3-4H,1,5H2,2H3,(H,12,13,15);1-2H3;1H3;;;;/q;;;;-1;;+1;;. The minimum absolute atomic E-state index is 0. The van der Waals surface area contributed by atoms with Crippen molar-refractivity contribution in [2.24, 2.45) is 0 Å². The van der Waals surface area contributed by atoms with E-state index >= 15 is 0 Å². The van der Waals surface area contributed by atoms with E-state index in [0.717, 1.165) is 73.0 Å². The number of anilines is 3. The molecule has 1 aliphatic carbocycles. The van der Waals surface area contributed by atoms with Crippen molar-refractivity contribution in [3.63, 3.8) is 0 Å². The van der Waals surface area contributed by atoms with E-state index in [1.807, 2.05) is 13.8 Å². The van der Waals surface area contributed by atoms with Crippen LogP contribution in [0, 0.1) is 26.6 Å².